The number of aliphatic imine (C=N–C) groups is 2. The summed E-state index contributed by atoms with van der Waals surface area (Å²) in [6, 6.07) is 28.2. The van der Waals surface area contributed by atoms with Crippen LogP contribution in [0, 0.1) is 0 Å². The van der Waals surface area contributed by atoms with Gasteiger partial charge in [0.1, 0.15) is 0 Å². The van der Waals surface area contributed by atoms with Crippen LogP contribution < -0.4 is 0 Å². The normalized spacial score (nSPS) is 12.0. The molecule has 3 aromatic carbocycles. The highest BCUT2D eigenvalue weighted by atomic mass is 14.7. The third-order valence-electron chi connectivity index (χ3n) is 3.65. The lowest BCUT2D eigenvalue weighted by Gasteiger charge is -1.94. The molecule has 0 saturated carbocycles. The van der Waals surface area contributed by atoms with Crippen molar-refractivity contribution >= 4 is 36.0 Å². The van der Waals surface area contributed by atoms with E-state index in [0.29, 0.717) is 0 Å². The molecule has 0 fully saturated rings. The van der Waals surface area contributed by atoms with Crippen LogP contribution in [0.15, 0.2) is 107 Å². The minimum atomic E-state index is 0.904. The smallest absolute Gasteiger partial charge is 0.0631 e. The van der Waals surface area contributed by atoms with Crippen molar-refractivity contribution in [1.82, 2.24) is 0 Å². The molecule has 3 aromatic rings. The molecule has 0 N–H and O–H groups in total. The maximum absolute atomic E-state index is 4.42. The molecular weight excluding hydrogens is 316 g/mol. The van der Waals surface area contributed by atoms with Gasteiger partial charge in [0.15, 0.2) is 0 Å². The molecule has 0 unspecified atom stereocenters. The Balaban J connectivity index is 1.53. The molecule has 0 aliphatic rings. The predicted octanol–water partition coefficient (Wildman–Crippen LogP) is 6.52. The summed E-state index contributed by atoms with van der Waals surface area (Å²) in [5, 5.41) is 0. The summed E-state index contributed by atoms with van der Waals surface area (Å²) < 4.78 is 0. The first-order valence-electron chi connectivity index (χ1n) is 8.52. The first kappa shape index (κ1) is 17.3. The zero-order valence-corrected chi connectivity index (χ0v) is 14.4. The Hall–Kier alpha value is -3.52. The lowest BCUT2D eigenvalue weighted by atomic mass is 10.2. The average Bonchev–Trinajstić information content (AvgIpc) is 2.71. The molecule has 0 heterocycles. The van der Waals surface area contributed by atoms with E-state index in [4.69, 9.17) is 0 Å². The van der Waals surface area contributed by atoms with E-state index < -0.39 is 0 Å². The quantitative estimate of drug-likeness (QED) is 0.458. The predicted molar refractivity (Wildman–Crippen MR) is 114 cm³/mol. The second-order valence-electron chi connectivity index (χ2n) is 5.61. The molecule has 0 atom stereocenters. The average molecular weight is 336 g/mol. The van der Waals surface area contributed by atoms with E-state index in [1.54, 1.807) is 12.4 Å². The third kappa shape index (κ3) is 5.84. The zero-order chi connectivity index (χ0) is 17.9. The lowest BCUT2D eigenvalue weighted by Crippen LogP contribution is -1.71. The fourth-order valence-corrected chi connectivity index (χ4v) is 2.32. The molecule has 126 valence electrons. The topological polar surface area (TPSA) is 24.7 Å². The summed E-state index contributed by atoms with van der Waals surface area (Å²) in [5.41, 5.74) is 4.13. The van der Waals surface area contributed by atoms with Crippen molar-refractivity contribution in [3.8, 4) is 0 Å². The van der Waals surface area contributed by atoms with Gasteiger partial charge in [-0.1, -0.05) is 72.8 Å². The van der Waals surface area contributed by atoms with Crippen molar-refractivity contribution in [2.24, 2.45) is 9.98 Å². The van der Waals surface area contributed by atoms with Gasteiger partial charge in [0.25, 0.3) is 0 Å². The molecule has 2 nitrogen and oxygen atoms in total. The minimum Gasteiger partial charge on any atom is -0.257 e. The molecule has 2 heteroatoms. The Bertz CT molecular complexity index is 825. The summed E-state index contributed by atoms with van der Waals surface area (Å²) >= 11 is 0. The van der Waals surface area contributed by atoms with Crippen LogP contribution in [0.2, 0.25) is 0 Å². The van der Waals surface area contributed by atoms with Crippen LogP contribution >= 0.6 is 0 Å². The second-order valence-corrected chi connectivity index (χ2v) is 5.61. The van der Waals surface area contributed by atoms with E-state index in [9.17, 15) is 0 Å². The molecule has 0 amide bonds. The highest BCUT2D eigenvalue weighted by Crippen LogP contribution is 2.18. The van der Waals surface area contributed by atoms with Crippen molar-refractivity contribution in [3.63, 3.8) is 0 Å². The first-order valence-corrected chi connectivity index (χ1v) is 8.52. The van der Waals surface area contributed by atoms with Gasteiger partial charge in [0.05, 0.1) is 11.4 Å². The highest BCUT2D eigenvalue weighted by molar-refractivity contribution is 5.81. The Morgan fingerprint density at radius 1 is 0.462 bits per heavy atom. The Morgan fingerprint density at radius 3 is 1.23 bits per heavy atom. The van der Waals surface area contributed by atoms with E-state index >= 15 is 0 Å². The van der Waals surface area contributed by atoms with Crippen LogP contribution in [-0.4, -0.2) is 12.4 Å². The molecule has 3 rings (SSSR count). The van der Waals surface area contributed by atoms with Crippen LogP contribution in [0.5, 0.6) is 0 Å². The molecular formula is C24H20N2. The van der Waals surface area contributed by atoms with Crippen molar-refractivity contribution < 1.29 is 0 Å². The first-order chi connectivity index (χ1) is 12.9. The number of nitrogens with zero attached hydrogens (tertiary/aromatic N) is 2. The highest BCUT2D eigenvalue weighted by Gasteiger charge is 1.89. The van der Waals surface area contributed by atoms with Crippen molar-refractivity contribution in [2.75, 3.05) is 0 Å². The van der Waals surface area contributed by atoms with Crippen molar-refractivity contribution in [1.29, 1.82) is 0 Å². The lowest BCUT2D eigenvalue weighted by molar-refractivity contribution is 1.49. The largest absolute Gasteiger partial charge is 0.257 e. The van der Waals surface area contributed by atoms with E-state index in [2.05, 4.69) is 34.3 Å². The number of allylic oxidation sites excluding steroid dienone is 2. The molecule has 0 spiro atoms. The van der Waals surface area contributed by atoms with Gasteiger partial charge in [0, 0.05) is 12.4 Å². The molecule has 26 heavy (non-hydrogen) atoms. The molecule has 0 bridgehead atoms. The van der Waals surface area contributed by atoms with Gasteiger partial charge in [-0.25, -0.2) is 0 Å². The number of hydrogen-bond donors (Lipinski definition) is 0. The standard InChI is InChI=1S/C24H20N2/c1-3-9-21(10-4-1)13-7-19-25-23-15-17-24(18-16-23)26-20-8-14-22-11-5-2-6-12-22/h1-20H. The maximum atomic E-state index is 4.42. The van der Waals surface area contributed by atoms with Gasteiger partial charge in [0.2, 0.25) is 0 Å². The van der Waals surface area contributed by atoms with Crippen LogP contribution in [0.25, 0.3) is 12.2 Å². The Labute approximate surface area is 154 Å². The summed E-state index contributed by atoms with van der Waals surface area (Å²) in [4.78, 5) is 8.84. The molecule has 0 aliphatic carbocycles. The van der Waals surface area contributed by atoms with Crippen LogP contribution in [-0.2, 0) is 0 Å². The zero-order valence-electron chi connectivity index (χ0n) is 14.4. The van der Waals surface area contributed by atoms with Gasteiger partial charge in [-0.05, 0) is 47.5 Å². The van der Waals surface area contributed by atoms with Crippen molar-refractivity contribution in [2.45, 2.75) is 0 Å². The van der Waals surface area contributed by atoms with Gasteiger partial charge >= 0.3 is 0 Å². The monoisotopic (exact) mass is 336 g/mol. The van der Waals surface area contributed by atoms with Crippen LogP contribution in [0.3, 0.4) is 0 Å². The fraction of sp³-hybridized carbons (Fsp3) is 0. The third-order valence-corrected chi connectivity index (χ3v) is 3.65. The summed E-state index contributed by atoms with van der Waals surface area (Å²) in [6.07, 6.45) is 11.5. The SMILES string of the molecule is C(=Cc1ccccc1)C=Nc1ccc(N=CC=Cc2ccccc2)cc1. The summed E-state index contributed by atoms with van der Waals surface area (Å²) in [7, 11) is 0. The van der Waals surface area contributed by atoms with E-state index in [-0.39, 0.29) is 0 Å². The number of benzene rings is 3. The van der Waals surface area contributed by atoms with Gasteiger partial charge in [-0.15, -0.1) is 0 Å². The second kappa shape index (κ2) is 9.70. The van der Waals surface area contributed by atoms with E-state index in [0.717, 1.165) is 22.5 Å². The van der Waals surface area contributed by atoms with Gasteiger partial charge in [-0.3, -0.25) is 9.98 Å². The summed E-state index contributed by atoms with van der Waals surface area (Å²) in [5.74, 6) is 0. The van der Waals surface area contributed by atoms with E-state index in [1.807, 2.05) is 85.0 Å². The molecule has 0 radical (unpaired) electrons. The number of hydrogen-bond acceptors (Lipinski definition) is 2. The molecule has 0 aromatic heterocycles. The fourth-order valence-electron chi connectivity index (χ4n) is 2.32. The van der Waals surface area contributed by atoms with Crippen molar-refractivity contribution in [3.05, 3.63) is 108 Å². The molecule has 0 saturated heterocycles. The van der Waals surface area contributed by atoms with Gasteiger partial charge < -0.3 is 0 Å². The van der Waals surface area contributed by atoms with Crippen LogP contribution in [0.4, 0.5) is 11.4 Å². The minimum absolute atomic E-state index is 0.904. The van der Waals surface area contributed by atoms with Gasteiger partial charge in [-0.2, -0.15) is 0 Å². The van der Waals surface area contributed by atoms with Crippen LogP contribution in [0.1, 0.15) is 11.1 Å². The van der Waals surface area contributed by atoms with E-state index in [1.165, 1.54) is 0 Å². The maximum Gasteiger partial charge on any atom is 0.0631 e. The Morgan fingerprint density at radius 2 is 0.846 bits per heavy atom. The molecule has 0 aliphatic heterocycles. The summed E-state index contributed by atoms with van der Waals surface area (Å²) in [6.45, 7) is 0. The Kier molecular flexibility index (Phi) is 6.46. The number of rotatable bonds is 6.